The molecule has 0 aromatic rings. The highest BCUT2D eigenvalue weighted by Crippen LogP contribution is 2.66. The van der Waals surface area contributed by atoms with Gasteiger partial charge in [-0.3, -0.25) is 0 Å². The van der Waals surface area contributed by atoms with Gasteiger partial charge in [0.2, 0.25) is 0 Å². The van der Waals surface area contributed by atoms with Gasteiger partial charge in [0.05, 0.1) is 6.10 Å². The van der Waals surface area contributed by atoms with Crippen LogP contribution in [0.4, 0.5) is 0 Å². The van der Waals surface area contributed by atoms with Crippen LogP contribution in [0.1, 0.15) is 98.8 Å². The lowest BCUT2D eigenvalue weighted by molar-refractivity contribution is -0.0427. The van der Waals surface area contributed by atoms with Crippen molar-refractivity contribution in [1.82, 2.24) is 0 Å². The van der Waals surface area contributed by atoms with Crippen molar-refractivity contribution in [2.75, 3.05) is 0 Å². The van der Waals surface area contributed by atoms with Crippen LogP contribution >= 0.6 is 0 Å². The van der Waals surface area contributed by atoms with Crippen LogP contribution < -0.4 is 0 Å². The molecule has 0 bridgehead atoms. The molecule has 4 aliphatic rings. The molecule has 8 atom stereocenters. The normalized spacial score (nSPS) is 45.2. The summed E-state index contributed by atoms with van der Waals surface area (Å²) in [7, 11) is 0. The van der Waals surface area contributed by atoms with Crippen molar-refractivity contribution in [3.8, 4) is 0 Å². The Hall–Kier alpha value is -0.560. The molecule has 1 nitrogen and oxygen atoms in total. The van der Waals surface area contributed by atoms with E-state index in [9.17, 15) is 5.11 Å². The Morgan fingerprint density at radius 1 is 1.07 bits per heavy atom. The minimum Gasteiger partial charge on any atom is -0.393 e. The van der Waals surface area contributed by atoms with E-state index in [0.717, 1.165) is 36.5 Å². The van der Waals surface area contributed by atoms with E-state index in [2.05, 4.69) is 47.3 Å². The summed E-state index contributed by atoms with van der Waals surface area (Å²) in [5.41, 5.74) is 4.26. The van der Waals surface area contributed by atoms with E-state index in [1.165, 1.54) is 56.9 Å². The van der Waals surface area contributed by atoms with Crippen LogP contribution in [0.25, 0.3) is 0 Å². The van der Waals surface area contributed by atoms with E-state index in [1.807, 2.05) is 5.57 Å². The lowest BCUT2D eigenvalue weighted by atomic mass is 9.47. The van der Waals surface area contributed by atoms with Crippen LogP contribution in [-0.4, -0.2) is 11.2 Å². The third-order valence-electron chi connectivity index (χ3n) is 10.5. The molecule has 0 aromatic heterocycles. The fourth-order valence-electron chi connectivity index (χ4n) is 8.37. The lowest BCUT2D eigenvalue weighted by Gasteiger charge is -2.57. The highest BCUT2D eigenvalue weighted by molar-refractivity contribution is 5.27. The topological polar surface area (TPSA) is 20.2 Å². The Bertz CT molecular complexity index is 659. The number of aliphatic hydroxyl groups excluding tert-OH is 1. The second-order valence-electron chi connectivity index (χ2n) is 12.2. The molecule has 0 amide bonds. The van der Waals surface area contributed by atoms with Crippen LogP contribution in [0.2, 0.25) is 0 Å². The van der Waals surface area contributed by atoms with Gasteiger partial charge in [-0.25, -0.2) is 0 Å². The predicted molar refractivity (Wildman–Crippen MR) is 124 cm³/mol. The molecule has 4 rings (SSSR count). The van der Waals surface area contributed by atoms with Gasteiger partial charge in [0.15, 0.2) is 0 Å². The first-order valence-corrected chi connectivity index (χ1v) is 12.7. The summed E-state index contributed by atoms with van der Waals surface area (Å²) in [4.78, 5) is 0. The van der Waals surface area contributed by atoms with Crippen LogP contribution in [0.15, 0.2) is 23.8 Å². The molecule has 0 aromatic carbocycles. The molecule has 0 saturated heterocycles. The van der Waals surface area contributed by atoms with E-state index in [0.29, 0.717) is 22.7 Å². The summed E-state index contributed by atoms with van der Waals surface area (Å²) in [6.07, 6.45) is 15.3. The van der Waals surface area contributed by atoms with Gasteiger partial charge in [-0.15, -0.1) is 0 Å². The summed E-state index contributed by atoms with van der Waals surface area (Å²) in [5.74, 6) is 4.65. The molecule has 4 aliphatic carbocycles. The minimum absolute atomic E-state index is 0.0471. The predicted octanol–water partition coefficient (Wildman–Crippen LogP) is 7.55. The molecule has 29 heavy (non-hydrogen) atoms. The van der Waals surface area contributed by atoms with Crippen molar-refractivity contribution < 1.29 is 5.11 Å². The van der Waals surface area contributed by atoms with Crippen molar-refractivity contribution in [2.45, 2.75) is 105 Å². The number of hydrogen-bond donors (Lipinski definition) is 1. The standard InChI is InChI=1S/C28H46O/c1-18(2)19(3)7-8-20(4)24-11-12-25-23-10-9-21-17-22(29)13-15-27(21,5)26(23)14-16-28(24,25)6/h10,18,20-22,24-26,29H,3,7-9,11-17H2,1-2,4-6H3/t20-,21?,22+,24-,25?,26?,27+,28-/m1/s1. The highest BCUT2D eigenvalue weighted by Gasteiger charge is 2.58. The monoisotopic (exact) mass is 398 g/mol. The van der Waals surface area contributed by atoms with Crippen molar-refractivity contribution >= 4 is 0 Å². The fraction of sp³-hybridized carbons (Fsp3) is 0.857. The van der Waals surface area contributed by atoms with E-state index < -0.39 is 0 Å². The smallest absolute Gasteiger partial charge is 0.0543 e. The number of rotatable bonds is 5. The Morgan fingerprint density at radius 3 is 2.48 bits per heavy atom. The molecule has 0 radical (unpaired) electrons. The molecule has 1 heteroatoms. The molecule has 0 aliphatic heterocycles. The highest BCUT2D eigenvalue weighted by atomic mass is 16.3. The quantitative estimate of drug-likeness (QED) is 0.474. The summed E-state index contributed by atoms with van der Waals surface area (Å²) in [6.45, 7) is 16.7. The van der Waals surface area contributed by atoms with Gasteiger partial charge in [-0.2, -0.15) is 0 Å². The Morgan fingerprint density at radius 2 is 1.76 bits per heavy atom. The summed E-state index contributed by atoms with van der Waals surface area (Å²) < 4.78 is 0. The zero-order valence-corrected chi connectivity index (χ0v) is 19.8. The largest absolute Gasteiger partial charge is 0.393 e. The molecule has 3 fully saturated rings. The molecule has 164 valence electrons. The third-order valence-corrected chi connectivity index (χ3v) is 10.5. The third kappa shape index (κ3) is 3.58. The Kier molecular flexibility index (Phi) is 5.86. The average Bonchev–Trinajstić information content (AvgIpc) is 3.03. The number of fused-ring (bicyclic) bond motifs is 5. The first kappa shape index (κ1) is 21.7. The second-order valence-corrected chi connectivity index (χ2v) is 12.2. The molecule has 0 spiro atoms. The van der Waals surface area contributed by atoms with Crippen LogP contribution in [-0.2, 0) is 0 Å². The summed E-state index contributed by atoms with van der Waals surface area (Å²) in [6, 6.07) is 0. The van der Waals surface area contributed by atoms with Crippen molar-refractivity contribution in [2.24, 2.45) is 46.3 Å². The van der Waals surface area contributed by atoms with Crippen molar-refractivity contribution in [1.29, 1.82) is 0 Å². The molecular weight excluding hydrogens is 352 g/mol. The van der Waals surface area contributed by atoms with Gasteiger partial charge in [0.1, 0.15) is 0 Å². The minimum atomic E-state index is -0.0471. The number of aliphatic hydroxyl groups is 1. The van der Waals surface area contributed by atoms with Gasteiger partial charge in [-0.05, 0) is 111 Å². The maximum absolute atomic E-state index is 10.2. The van der Waals surface area contributed by atoms with E-state index in [1.54, 1.807) is 0 Å². The van der Waals surface area contributed by atoms with Crippen LogP contribution in [0, 0.1) is 46.3 Å². The van der Waals surface area contributed by atoms with Crippen molar-refractivity contribution in [3.63, 3.8) is 0 Å². The van der Waals surface area contributed by atoms with Crippen LogP contribution in [0.5, 0.6) is 0 Å². The molecule has 3 saturated carbocycles. The van der Waals surface area contributed by atoms with Gasteiger partial charge in [-0.1, -0.05) is 58.4 Å². The van der Waals surface area contributed by atoms with Gasteiger partial charge < -0.3 is 5.11 Å². The van der Waals surface area contributed by atoms with Gasteiger partial charge in [0, 0.05) is 0 Å². The molecule has 1 N–H and O–H groups in total. The first-order valence-electron chi connectivity index (χ1n) is 12.7. The Balaban J connectivity index is 1.50. The fourth-order valence-corrected chi connectivity index (χ4v) is 8.37. The van der Waals surface area contributed by atoms with E-state index >= 15 is 0 Å². The van der Waals surface area contributed by atoms with Crippen LogP contribution in [0.3, 0.4) is 0 Å². The summed E-state index contributed by atoms with van der Waals surface area (Å²) in [5, 5.41) is 10.2. The van der Waals surface area contributed by atoms with Gasteiger partial charge in [0.25, 0.3) is 0 Å². The number of hydrogen-bond acceptors (Lipinski definition) is 1. The molecule has 3 unspecified atom stereocenters. The average molecular weight is 399 g/mol. The maximum atomic E-state index is 10.2. The number of allylic oxidation sites excluding steroid dienone is 3. The lowest BCUT2D eigenvalue weighted by Crippen LogP contribution is -2.49. The zero-order chi connectivity index (χ0) is 21.0. The summed E-state index contributed by atoms with van der Waals surface area (Å²) >= 11 is 0. The molecular formula is C28H46O. The Labute approximate surface area is 180 Å². The zero-order valence-electron chi connectivity index (χ0n) is 19.8. The van der Waals surface area contributed by atoms with Crippen molar-refractivity contribution in [3.05, 3.63) is 23.8 Å². The van der Waals surface area contributed by atoms with Gasteiger partial charge >= 0.3 is 0 Å². The SMILES string of the molecule is C=C(CC[C@@H](C)[C@H]1CCC2C3=CCC4C[C@@H](O)CC[C@]4(C)C3CC[C@@]21C)C(C)C. The maximum Gasteiger partial charge on any atom is 0.0543 e. The van der Waals surface area contributed by atoms with E-state index in [4.69, 9.17) is 0 Å². The second kappa shape index (κ2) is 7.85. The first-order chi connectivity index (χ1) is 13.7. The van der Waals surface area contributed by atoms with E-state index in [-0.39, 0.29) is 6.10 Å². The molecule has 0 heterocycles.